The third kappa shape index (κ3) is 4.65. The zero-order valence-corrected chi connectivity index (χ0v) is 9.63. The normalized spacial score (nSPS) is 13.9. The maximum Gasteiger partial charge on any atom is 0.328 e. The molecule has 0 aromatic heterocycles. The summed E-state index contributed by atoms with van der Waals surface area (Å²) < 4.78 is 0. The molecule has 7 nitrogen and oxygen atoms in total. The topological polar surface area (TPSA) is 111 Å². The van der Waals surface area contributed by atoms with Gasteiger partial charge in [0.1, 0.15) is 0 Å². The van der Waals surface area contributed by atoms with Crippen LogP contribution in [0.4, 0.5) is 4.79 Å². The van der Waals surface area contributed by atoms with Crippen molar-refractivity contribution in [3.05, 3.63) is 12.2 Å². The molecule has 0 aliphatic heterocycles. The lowest BCUT2D eigenvalue weighted by Gasteiger charge is -2.20. The molecule has 0 radical (unpaired) electrons. The molecule has 3 amide bonds. The van der Waals surface area contributed by atoms with E-state index in [2.05, 4.69) is 5.32 Å². The highest BCUT2D eigenvalue weighted by atomic mass is 16.4. The van der Waals surface area contributed by atoms with Gasteiger partial charge in [-0.2, -0.15) is 5.26 Å². The van der Waals surface area contributed by atoms with Crippen molar-refractivity contribution >= 4 is 17.9 Å². The highest BCUT2D eigenvalue weighted by molar-refractivity contribution is 6.02. The molecule has 0 heterocycles. The first-order valence-corrected chi connectivity index (χ1v) is 5.44. The van der Waals surface area contributed by atoms with E-state index in [4.69, 9.17) is 10.4 Å². The molecule has 96 valence electrons. The number of imide groups is 1. The van der Waals surface area contributed by atoms with Gasteiger partial charge in [0.2, 0.25) is 0 Å². The monoisotopic (exact) mass is 251 g/mol. The average Bonchev–Trinajstić information content (AvgIpc) is 3.11. The van der Waals surface area contributed by atoms with E-state index in [0.717, 1.165) is 18.9 Å². The molecule has 0 atom stereocenters. The molecular formula is C11H13N3O4. The number of carbonyl (C=O) groups excluding carboxylic acids is 2. The van der Waals surface area contributed by atoms with Gasteiger partial charge in [-0.25, -0.2) is 9.59 Å². The molecule has 1 rings (SSSR count). The van der Waals surface area contributed by atoms with Crippen LogP contribution >= 0.6 is 0 Å². The van der Waals surface area contributed by atoms with Gasteiger partial charge in [-0.1, -0.05) is 0 Å². The number of nitrogens with one attached hydrogen (secondary N) is 1. The Morgan fingerprint density at radius 3 is 2.56 bits per heavy atom. The molecule has 1 fully saturated rings. The van der Waals surface area contributed by atoms with Crippen molar-refractivity contribution in [3.63, 3.8) is 0 Å². The van der Waals surface area contributed by atoms with E-state index >= 15 is 0 Å². The highest BCUT2D eigenvalue weighted by Crippen LogP contribution is 2.26. The highest BCUT2D eigenvalue weighted by Gasteiger charge is 2.32. The lowest BCUT2D eigenvalue weighted by atomic mass is 10.4. The maximum atomic E-state index is 11.7. The van der Waals surface area contributed by atoms with Crippen LogP contribution in [0.15, 0.2) is 12.2 Å². The molecule has 1 saturated carbocycles. The molecule has 7 heteroatoms. The molecule has 0 bridgehead atoms. The van der Waals surface area contributed by atoms with Gasteiger partial charge in [0, 0.05) is 24.7 Å². The molecule has 0 spiro atoms. The summed E-state index contributed by atoms with van der Waals surface area (Å²) in [6.45, 7) is 0.267. The number of rotatable bonds is 5. The number of hydrogen-bond donors (Lipinski definition) is 2. The summed E-state index contributed by atoms with van der Waals surface area (Å²) in [5.41, 5.74) is 0. The van der Waals surface area contributed by atoms with Gasteiger partial charge in [-0.3, -0.25) is 10.1 Å². The Labute approximate surface area is 104 Å². The molecule has 0 aromatic carbocycles. The number of urea groups is 1. The number of nitrogens with zero attached hydrogens (tertiary/aromatic N) is 2. The van der Waals surface area contributed by atoms with E-state index in [1.165, 1.54) is 4.90 Å². The van der Waals surface area contributed by atoms with Crippen molar-refractivity contribution in [1.82, 2.24) is 10.2 Å². The maximum absolute atomic E-state index is 11.7. The number of carboxylic acid groups (broad SMARTS) is 1. The van der Waals surface area contributed by atoms with Crippen molar-refractivity contribution in [2.75, 3.05) is 6.54 Å². The lowest BCUT2D eigenvalue weighted by Crippen LogP contribution is -2.44. The number of amides is 3. The summed E-state index contributed by atoms with van der Waals surface area (Å²) in [5, 5.41) is 18.9. The Kier molecular flexibility index (Phi) is 4.87. The van der Waals surface area contributed by atoms with E-state index in [0.29, 0.717) is 6.08 Å². The van der Waals surface area contributed by atoms with Crippen molar-refractivity contribution in [2.24, 2.45) is 0 Å². The minimum atomic E-state index is -1.26. The number of carboxylic acids is 1. The van der Waals surface area contributed by atoms with Crippen LogP contribution in [0.2, 0.25) is 0 Å². The summed E-state index contributed by atoms with van der Waals surface area (Å²) in [5.74, 6) is -2.05. The van der Waals surface area contributed by atoms with Crippen LogP contribution in [-0.2, 0) is 9.59 Å². The zero-order valence-electron chi connectivity index (χ0n) is 9.63. The van der Waals surface area contributed by atoms with Crippen LogP contribution in [0.5, 0.6) is 0 Å². The van der Waals surface area contributed by atoms with Crippen molar-refractivity contribution in [2.45, 2.75) is 25.3 Å². The van der Waals surface area contributed by atoms with Gasteiger partial charge in [0.15, 0.2) is 0 Å². The predicted molar refractivity (Wildman–Crippen MR) is 60.3 cm³/mol. The van der Waals surface area contributed by atoms with Crippen LogP contribution < -0.4 is 5.32 Å². The fourth-order valence-electron chi connectivity index (χ4n) is 1.37. The fraction of sp³-hybridized carbons (Fsp3) is 0.455. The Hall–Kier alpha value is -2.36. The zero-order chi connectivity index (χ0) is 13.5. The quantitative estimate of drug-likeness (QED) is 0.680. The van der Waals surface area contributed by atoms with Gasteiger partial charge >= 0.3 is 12.0 Å². The molecule has 0 unspecified atom stereocenters. The third-order valence-electron chi connectivity index (χ3n) is 2.32. The van der Waals surface area contributed by atoms with E-state index in [-0.39, 0.29) is 19.0 Å². The number of aliphatic carboxylic acids is 1. The Morgan fingerprint density at radius 2 is 2.06 bits per heavy atom. The molecule has 1 aliphatic rings. The Morgan fingerprint density at radius 1 is 1.39 bits per heavy atom. The van der Waals surface area contributed by atoms with Crippen LogP contribution in [0.3, 0.4) is 0 Å². The van der Waals surface area contributed by atoms with Crippen LogP contribution in [0.1, 0.15) is 19.3 Å². The molecule has 1 aliphatic carbocycles. The van der Waals surface area contributed by atoms with E-state index < -0.39 is 17.9 Å². The summed E-state index contributed by atoms with van der Waals surface area (Å²) in [4.78, 5) is 34.5. The molecular weight excluding hydrogens is 238 g/mol. The van der Waals surface area contributed by atoms with Gasteiger partial charge in [-0.05, 0) is 12.8 Å². The second-order valence-electron chi connectivity index (χ2n) is 3.80. The average molecular weight is 251 g/mol. The standard InChI is InChI=1S/C11H13N3O4/c12-6-1-7-14(8-2-3-8)11(18)13-9(15)4-5-10(16)17/h4-5,8H,1-3,7H2,(H,16,17)(H,13,15,18)/b5-4+. The third-order valence-corrected chi connectivity index (χ3v) is 2.32. The Balaban J connectivity index is 2.48. The second-order valence-corrected chi connectivity index (χ2v) is 3.80. The largest absolute Gasteiger partial charge is 0.478 e. The van der Waals surface area contributed by atoms with Crippen LogP contribution in [0, 0.1) is 11.3 Å². The first kappa shape index (κ1) is 13.7. The smallest absolute Gasteiger partial charge is 0.328 e. The number of nitriles is 1. The molecule has 18 heavy (non-hydrogen) atoms. The van der Waals surface area contributed by atoms with E-state index in [1.807, 2.05) is 6.07 Å². The van der Waals surface area contributed by atoms with Crippen molar-refractivity contribution in [3.8, 4) is 6.07 Å². The summed E-state index contributed by atoms with van der Waals surface area (Å²) in [6.07, 6.45) is 3.34. The summed E-state index contributed by atoms with van der Waals surface area (Å²) in [7, 11) is 0. The number of hydrogen-bond acceptors (Lipinski definition) is 4. The number of carbonyl (C=O) groups is 3. The van der Waals surface area contributed by atoms with Gasteiger partial charge < -0.3 is 10.0 Å². The first-order valence-electron chi connectivity index (χ1n) is 5.44. The summed E-state index contributed by atoms with van der Waals surface area (Å²) >= 11 is 0. The fourth-order valence-corrected chi connectivity index (χ4v) is 1.37. The molecule has 0 saturated heterocycles. The van der Waals surface area contributed by atoms with Gasteiger partial charge in [0.05, 0.1) is 12.5 Å². The van der Waals surface area contributed by atoms with Crippen molar-refractivity contribution in [1.29, 1.82) is 5.26 Å². The van der Waals surface area contributed by atoms with E-state index in [9.17, 15) is 14.4 Å². The lowest BCUT2D eigenvalue weighted by molar-refractivity contribution is -0.131. The molecule has 0 aromatic rings. The van der Waals surface area contributed by atoms with Crippen LogP contribution in [-0.4, -0.2) is 40.5 Å². The Bertz CT molecular complexity index is 420. The second kappa shape index (κ2) is 6.39. The van der Waals surface area contributed by atoms with Crippen molar-refractivity contribution < 1.29 is 19.5 Å². The van der Waals surface area contributed by atoms with E-state index in [1.54, 1.807) is 0 Å². The minimum Gasteiger partial charge on any atom is -0.478 e. The first-order chi connectivity index (χ1) is 8.54. The van der Waals surface area contributed by atoms with Crippen LogP contribution in [0.25, 0.3) is 0 Å². The SMILES string of the molecule is N#CCCN(C(=O)NC(=O)/C=C/C(=O)O)C1CC1. The molecule has 2 N–H and O–H groups in total. The van der Waals surface area contributed by atoms with Gasteiger partial charge in [0.25, 0.3) is 5.91 Å². The predicted octanol–water partition coefficient (Wildman–Crippen LogP) is 0.241. The minimum absolute atomic E-state index is 0.0783. The summed E-state index contributed by atoms with van der Waals surface area (Å²) in [6, 6.07) is 1.42. The van der Waals surface area contributed by atoms with Gasteiger partial charge in [-0.15, -0.1) is 0 Å².